The molecular weight excluding hydrogens is 971 g/mol. The normalized spacial score (nSPS) is 11.6. The van der Waals surface area contributed by atoms with Crippen molar-refractivity contribution in [3.05, 3.63) is 285 Å². The van der Waals surface area contributed by atoms with Crippen molar-refractivity contribution in [1.29, 1.82) is 0 Å². The van der Waals surface area contributed by atoms with E-state index >= 15 is 0 Å². The van der Waals surface area contributed by atoms with Gasteiger partial charge in [0.15, 0.2) is 5.58 Å². The van der Waals surface area contributed by atoms with Gasteiger partial charge in [-0.2, -0.15) is 0 Å². The molecule has 0 unspecified atom stereocenters. The number of hydrogen-bond donors (Lipinski definition) is 0. The fourth-order valence-corrected chi connectivity index (χ4v) is 12.4. The summed E-state index contributed by atoms with van der Waals surface area (Å²) in [6.45, 7) is 0. The van der Waals surface area contributed by atoms with Crippen LogP contribution >= 0.6 is 11.3 Å². The van der Waals surface area contributed by atoms with Crippen LogP contribution in [-0.2, 0) is 0 Å². The van der Waals surface area contributed by atoms with E-state index in [1.807, 2.05) is 29.5 Å². The lowest BCUT2D eigenvalue weighted by atomic mass is 10.0. The Morgan fingerprint density at radius 2 is 0.679 bits per heavy atom. The van der Waals surface area contributed by atoms with Crippen LogP contribution in [0, 0.1) is 0 Å². The average Bonchev–Trinajstić information content (AvgIpc) is 4.33. The summed E-state index contributed by atoms with van der Waals surface area (Å²) in [5.74, 6) is 0. The van der Waals surface area contributed by atoms with Gasteiger partial charge in [-0.1, -0.05) is 164 Å². The van der Waals surface area contributed by atoms with Crippen molar-refractivity contribution < 1.29 is 8.83 Å². The van der Waals surface area contributed by atoms with Gasteiger partial charge in [0, 0.05) is 70.2 Å². The Balaban J connectivity index is 0.978. The largest absolute Gasteiger partial charge is 0.456 e. The molecule has 0 fully saturated rings. The maximum absolute atomic E-state index is 6.87. The third kappa shape index (κ3) is 7.93. The molecule has 78 heavy (non-hydrogen) atoms. The Hall–Kier alpha value is -10.1. The van der Waals surface area contributed by atoms with E-state index in [0.29, 0.717) is 0 Å². The Morgan fingerprint density at radius 1 is 0.231 bits per heavy atom. The van der Waals surface area contributed by atoms with E-state index in [2.05, 4.69) is 282 Å². The highest BCUT2D eigenvalue weighted by atomic mass is 32.1. The van der Waals surface area contributed by atoms with Crippen LogP contribution in [0.3, 0.4) is 0 Å². The number of nitrogens with zero attached hydrogens (tertiary/aromatic N) is 3. The van der Waals surface area contributed by atoms with Crippen LogP contribution in [0.5, 0.6) is 0 Å². The number of rotatable bonds is 11. The van der Waals surface area contributed by atoms with Gasteiger partial charge in [0.25, 0.3) is 0 Å². The number of benzene rings is 12. The fraction of sp³-hybridized carbons (Fsp3) is 0. The molecule has 3 heterocycles. The van der Waals surface area contributed by atoms with E-state index in [-0.39, 0.29) is 0 Å². The van der Waals surface area contributed by atoms with Crippen LogP contribution in [0.1, 0.15) is 0 Å². The molecule has 0 spiro atoms. The summed E-state index contributed by atoms with van der Waals surface area (Å²) in [4.78, 5) is 7.10. The molecular formula is C72H47N3O2S. The number of fused-ring (bicyclic) bond motifs is 9. The maximum Gasteiger partial charge on any atom is 0.159 e. The van der Waals surface area contributed by atoms with E-state index in [1.54, 1.807) is 0 Å². The van der Waals surface area contributed by atoms with Crippen molar-refractivity contribution in [2.75, 3.05) is 14.7 Å². The molecule has 0 saturated heterocycles. The molecule has 0 saturated carbocycles. The van der Waals surface area contributed by atoms with E-state index in [1.165, 1.54) is 31.3 Å². The monoisotopic (exact) mass is 1020 g/mol. The molecule has 0 aliphatic rings. The van der Waals surface area contributed by atoms with Crippen LogP contribution in [0.25, 0.3) is 86.3 Å². The molecule has 368 valence electrons. The second kappa shape index (κ2) is 18.9. The molecule has 0 N–H and O–H groups in total. The van der Waals surface area contributed by atoms with E-state index in [0.717, 1.165) is 106 Å². The summed E-state index contributed by atoms with van der Waals surface area (Å²) in [7, 11) is 0. The third-order valence-electron chi connectivity index (χ3n) is 15.0. The van der Waals surface area contributed by atoms with Crippen molar-refractivity contribution >= 4 is 127 Å². The summed E-state index contributed by atoms with van der Waals surface area (Å²) in [6, 6.07) is 102. The smallest absolute Gasteiger partial charge is 0.159 e. The summed E-state index contributed by atoms with van der Waals surface area (Å²) in [5.41, 5.74) is 16.8. The molecule has 3 aromatic heterocycles. The minimum Gasteiger partial charge on any atom is -0.456 e. The standard InChI is InChI=1S/C72H47N3O2S/c1-4-17-48(18-5-1)49-31-36-54(37-32-49)73(55-38-33-50(34-39-55)51-35-42-71-65(43-51)62-25-12-15-30-70(62)78-71)57-44-58(74(52-19-6-2-7-20-52)56-40-41-69-64(47-56)61-24-11-13-28-67(61)76-69)46-59(45-57)75(53-21-8-3-9-22-53)66-27-16-26-63-60-23-10-14-29-68(60)77-72(63)66/h1-47H. The number of furan rings is 2. The lowest BCUT2D eigenvalue weighted by molar-refractivity contribution is 0.668. The summed E-state index contributed by atoms with van der Waals surface area (Å²) >= 11 is 1.85. The molecule has 5 nitrogen and oxygen atoms in total. The van der Waals surface area contributed by atoms with Crippen molar-refractivity contribution in [1.82, 2.24) is 0 Å². The van der Waals surface area contributed by atoms with Crippen LogP contribution in [0.4, 0.5) is 51.2 Å². The van der Waals surface area contributed by atoms with Crippen molar-refractivity contribution in [2.24, 2.45) is 0 Å². The summed E-state index contributed by atoms with van der Waals surface area (Å²) < 4.78 is 15.9. The lowest BCUT2D eigenvalue weighted by Gasteiger charge is -2.33. The van der Waals surface area contributed by atoms with Gasteiger partial charge in [0.2, 0.25) is 0 Å². The Kier molecular flexibility index (Phi) is 11.0. The van der Waals surface area contributed by atoms with Crippen molar-refractivity contribution in [3.8, 4) is 22.3 Å². The summed E-state index contributed by atoms with van der Waals surface area (Å²) in [5, 5.41) is 6.83. The SMILES string of the molecule is c1ccc(-c2ccc(N(c3ccc(-c4ccc5sc6ccccc6c5c4)cc3)c3cc(N(c4ccccc4)c4ccc5oc6ccccc6c5c4)cc(N(c4ccccc4)c4cccc5c4oc4ccccc45)c3)cc2)cc1. The van der Waals surface area contributed by atoms with Gasteiger partial charge >= 0.3 is 0 Å². The van der Waals surface area contributed by atoms with E-state index in [9.17, 15) is 0 Å². The highest BCUT2D eigenvalue weighted by molar-refractivity contribution is 7.25. The van der Waals surface area contributed by atoms with Gasteiger partial charge in [-0.25, -0.2) is 0 Å². The van der Waals surface area contributed by atoms with Crippen LogP contribution in [0.2, 0.25) is 0 Å². The zero-order chi connectivity index (χ0) is 51.5. The molecule has 15 rings (SSSR count). The van der Waals surface area contributed by atoms with Gasteiger partial charge in [-0.05, 0) is 144 Å². The number of thiophene rings is 1. The number of anilines is 9. The molecule has 0 aliphatic carbocycles. The minimum absolute atomic E-state index is 0.810. The van der Waals surface area contributed by atoms with E-state index in [4.69, 9.17) is 8.83 Å². The zero-order valence-electron chi connectivity index (χ0n) is 42.2. The minimum atomic E-state index is 0.810. The number of para-hydroxylation sites is 5. The number of hydrogen-bond acceptors (Lipinski definition) is 6. The van der Waals surface area contributed by atoms with E-state index < -0.39 is 0 Å². The predicted octanol–water partition coefficient (Wildman–Crippen LogP) is 21.6. The Morgan fingerprint density at radius 3 is 1.36 bits per heavy atom. The quantitative estimate of drug-likeness (QED) is 0.129. The molecule has 6 heteroatoms. The van der Waals surface area contributed by atoms with Crippen molar-refractivity contribution in [2.45, 2.75) is 0 Å². The van der Waals surface area contributed by atoms with Crippen LogP contribution in [-0.4, -0.2) is 0 Å². The topological polar surface area (TPSA) is 36.0 Å². The zero-order valence-corrected chi connectivity index (χ0v) is 43.0. The molecule has 0 atom stereocenters. The first kappa shape index (κ1) is 45.3. The van der Waals surface area contributed by atoms with Gasteiger partial charge in [-0.3, -0.25) is 0 Å². The Bertz CT molecular complexity index is 4680. The van der Waals surface area contributed by atoms with Crippen LogP contribution in [0.15, 0.2) is 294 Å². The first-order valence-corrected chi connectivity index (χ1v) is 27.1. The van der Waals surface area contributed by atoms with Crippen LogP contribution < -0.4 is 14.7 Å². The van der Waals surface area contributed by atoms with Crippen molar-refractivity contribution in [3.63, 3.8) is 0 Å². The van der Waals surface area contributed by atoms with Gasteiger partial charge in [0.1, 0.15) is 16.7 Å². The second-order valence-electron chi connectivity index (χ2n) is 19.7. The lowest BCUT2D eigenvalue weighted by Crippen LogP contribution is -2.16. The summed E-state index contributed by atoms with van der Waals surface area (Å²) in [6.07, 6.45) is 0. The highest BCUT2D eigenvalue weighted by Crippen LogP contribution is 2.49. The predicted molar refractivity (Wildman–Crippen MR) is 329 cm³/mol. The molecule has 12 aromatic carbocycles. The molecule has 0 radical (unpaired) electrons. The first-order chi connectivity index (χ1) is 38.6. The Labute approximate surface area is 454 Å². The second-order valence-corrected chi connectivity index (χ2v) is 20.8. The third-order valence-corrected chi connectivity index (χ3v) is 16.2. The average molecular weight is 1020 g/mol. The van der Waals surface area contributed by atoms with Gasteiger partial charge in [0.05, 0.1) is 22.7 Å². The van der Waals surface area contributed by atoms with Gasteiger partial charge < -0.3 is 23.5 Å². The molecule has 0 bridgehead atoms. The molecule has 0 aliphatic heterocycles. The fourth-order valence-electron chi connectivity index (χ4n) is 11.3. The highest BCUT2D eigenvalue weighted by Gasteiger charge is 2.25. The first-order valence-electron chi connectivity index (χ1n) is 26.3. The molecule has 0 amide bonds. The van der Waals surface area contributed by atoms with Gasteiger partial charge in [-0.15, -0.1) is 11.3 Å². The maximum atomic E-state index is 6.87. The molecule has 15 aromatic rings.